The maximum absolute atomic E-state index is 12.4. The van der Waals surface area contributed by atoms with Gasteiger partial charge in [-0.15, -0.1) is 0 Å². The summed E-state index contributed by atoms with van der Waals surface area (Å²) in [6, 6.07) is 0.511. The Balaban J connectivity index is 1.55. The van der Waals surface area contributed by atoms with Gasteiger partial charge >= 0.3 is 0 Å². The third kappa shape index (κ3) is 3.27. The molecule has 0 bridgehead atoms. The molecule has 5 nitrogen and oxygen atoms in total. The topological polar surface area (TPSA) is 62.7 Å². The van der Waals surface area contributed by atoms with Crippen LogP contribution in [0.4, 0.5) is 0 Å². The number of amides is 1. The van der Waals surface area contributed by atoms with Crippen molar-refractivity contribution in [1.82, 2.24) is 20.1 Å². The Morgan fingerprint density at radius 1 is 1.48 bits per heavy atom. The minimum atomic E-state index is 0.0649. The fraction of sp³-hybridized carbons (Fsp3) is 0.706. The van der Waals surface area contributed by atoms with E-state index in [-0.39, 0.29) is 17.2 Å². The van der Waals surface area contributed by atoms with Crippen molar-refractivity contribution in [2.45, 2.75) is 53.0 Å². The number of hydrogen-bond acceptors (Lipinski definition) is 3. The van der Waals surface area contributed by atoms with E-state index in [1.807, 2.05) is 0 Å². The number of aromatic amines is 1. The van der Waals surface area contributed by atoms with Gasteiger partial charge in [-0.05, 0) is 50.2 Å². The van der Waals surface area contributed by atoms with Gasteiger partial charge in [0.15, 0.2) is 4.77 Å². The Bertz CT molecular complexity index is 692. The van der Waals surface area contributed by atoms with Crippen LogP contribution >= 0.6 is 12.2 Å². The predicted octanol–water partition coefficient (Wildman–Crippen LogP) is 3.17. The van der Waals surface area contributed by atoms with Crippen LogP contribution in [0.2, 0.25) is 0 Å². The summed E-state index contributed by atoms with van der Waals surface area (Å²) in [6.45, 7) is 9.12. The van der Waals surface area contributed by atoms with Crippen molar-refractivity contribution in [2.24, 2.45) is 17.3 Å². The van der Waals surface area contributed by atoms with Gasteiger partial charge < -0.3 is 9.88 Å². The van der Waals surface area contributed by atoms with Crippen LogP contribution in [0, 0.1) is 22.0 Å². The normalized spacial score (nSPS) is 25.0. The van der Waals surface area contributed by atoms with E-state index in [4.69, 9.17) is 12.2 Å². The number of allylic oxidation sites excluding steroid dienone is 2. The monoisotopic (exact) mass is 334 g/mol. The zero-order valence-electron chi connectivity index (χ0n) is 14.3. The zero-order valence-corrected chi connectivity index (χ0v) is 15.2. The lowest BCUT2D eigenvalue weighted by atomic mass is 10.1. The van der Waals surface area contributed by atoms with Crippen LogP contribution in [0.3, 0.4) is 0 Å². The van der Waals surface area contributed by atoms with Gasteiger partial charge in [0.1, 0.15) is 5.82 Å². The zero-order chi connectivity index (χ0) is 16.8. The average Bonchev–Trinajstić information content (AvgIpc) is 3.32. The highest BCUT2D eigenvalue weighted by Gasteiger charge is 2.60. The summed E-state index contributed by atoms with van der Waals surface area (Å²) < 4.78 is 2.80. The fourth-order valence-electron chi connectivity index (χ4n) is 3.48. The van der Waals surface area contributed by atoms with Gasteiger partial charge in [0.05, 0.1) is 5.92 Å². The quantitative estimate of drug-likeness (QED) is 0.620. The largest absolute Gasteiger partial charge is 0.355 e. The van der Waals surface area contributed by atoms with Crippen LogP contribution in [0.15, 0.2) is 11.6 Å². The Morgan fingerprint density at radius 2 is 2.17 bits per heavy atom. The Labute approximate surface area is 142 Å². The average molecular weight is 334 g/mol. The van der Waals surface area contributed by atoms with Gasteiger partial charge in [0.2, 0.25) is 5.91 Å². The van der Waals surface area contributed by atoms with Gasteiger partial charge in [0.25, 0.3) is 0 Å². The number of carbonyl (C=O) groups is 1. The standard InChI is InChI=1S/C17H26N4OS/c1-10(2)9-12-14(17(12,3)4)15(22)18-8-7-13-19-20-16(23)21(13)11-5-6-11/h9,11-12,14H,5-8H2,1-4H3,(H,18,22)(H,20,23)/t12-,14-/m0/s1. The molecule has 2 N–H and O–H groups in total. The van der Waals surface area contributed by atoms with Crippen LogP contribution in [-0.2, 0) is 11.2 Å². The van der Waals surface area contributed by atoms with Crippen molar-refractivity contribution in [3.63, 3.8) is 0 Å². The van der Waals surface area contributed by atoms with Crippen molar-refractivity contribution in [3.8, 4) is 0 Å². The highest BCUT2D eigenvalue weighted by Crippen LogP contribution is 2.59. The summed E-state index contributed by atoms with van der Waals surface area (Å²) in [6.07, 6.45) is 5.29. The van der Waals surface area contributed by atoms with Crippen LogP contribution in [-0.4, -0.2) is 27.2 Å². The van der Waals surface area contributed by atoms with Gasteiger partial charge in [-0.3, -0.25) is 9.89 Å². The molecule has 0 saturated heterocycles. The molecule has 2 saturated carbocycles. The molecule has 23 heavy (non-hydrogen) atoms. The number of hydrogen-bond donors (Lipinski definition) is 2. The molecule has 1 aromatic heterocycles. The summed E-state index contributed by atoms with van der Waals surface area (Å²) >= 11 is 5.28. The van der Waals surface area contributed by atoms with Crippen LogP contribution in [0.5, 0.6) is 0 Å². The second kappa shape index (κ2) is 5.89. The van der Waals surface area contributed by atoms with E-state index in [0.717, 1.165) is 12.2 Å². The number of nitrogens with zero attached hydrogens (tertiary/aromatic N) is 2. The van der Waals surface area contributed by atoms with Crippen LogP contribution in [0.1, 0.15) is 52.4 Å². The minimum Gasteiger partial charge on any atom is -0.355 e. The highest BCUT2D eigenvalue weighted by molar-refractivity contribution is 7.71. The molecule has 1 aromatic rings. The molecule has 0 radical (unpaired) electrons. The lowest BCUT2D eigenvalue weighted by Crippen LogP contribution is -2.29. The van der Waals surface area contributed by atoms with E-state index in [2.05, 4.69) is 53.9 Å². The fourth-order valence-corrected chi connectivity index (χ4v) is 3.78. The molecule has 126 valence electrons. The van der Waals surface area contributed by atoms with Crippen LogP contribution < -0.4 is 5.32 Å². The van der Waals surface area contributed by atoms with Crippen molar-refractivity contribution < 1.29 is 4.79 Å². The van der Waals surface area contributed by atoms with E-state index in [1.165, 1.54) is 18.4 Å². The maximum atomic E-state index is 12.4. The Morgan fingerprint density at radius 3 is 2.78 bits per heavy atom. The van der Waals surface area contributed by atoms with E-state index in [9.17, 15) is 4.79 Å². The predicted molar refractivity (Wildman–Crippen MR) is 92.6 cm³/mol. The van der Waals surface area contributed by atoms with Gasteiger partial charge in [-0.1, -0.05) is 25.5 Å². The number of carbonyl (C=O) groups excluding carboxylic acids is 1. The first-order valence-corrected chi connectivity index (χ1v) is 8.81. The SMILES string of the molecule is CC(C)=C[C@H]1[C@@H](C(=O)NCCc2n[nH]c(=S)n2C2CC2)C1(C)C. The molecular formula is C17H26N4OS. The van der Waals surface area contributed by atoms with Crippen molar-refractivity contribution in [1.29, 1.82) is 0 Å². The molecule has 1 heterocycles. The summed E-state index contributed by atoms with van der Waals surface area (Å²) in [7, 11) is 0. The molecule has 2 atom stereocenters. The van der Waals surface area contributed by atoms with Crippen molar-refractivity contribution in [2.75, 3.05) is 6.54 Å². The van der Waals surface area contributed by atoms with Crippen LogP contribution in [0.25, 0.3) is 0 Å². The third-order valence-corrected chi connectivity index (χ3v) is 5.33. The Hall–Kier alpha value is -1.43. The molecule has 0 aliphatic heterocycles. The second-order valence-electron chi connectivity index (χ2n) is 7.66. The minimum absolute atomic E-state index is 0.0649. The lowest BCUT2D eigenvalue weighted by molar-refractivity contribution is -0.123. The summed E-state index contributed by atoms with van der Waals surface area (Å²) in [5.41, 5.74) is 1.34. The third-order valence-electron chi connectivity index (χ3n) is 5.04. The van der Waals surface area contributed by atoms with E-state index < -0.39 is 0 Å². The highest BCUT2D eigenvalue weighted by atomic mass is 32.1. The summed E-state index contributed by atoms with van der Waals surface area (Å²) in [5.74, 6) is 1.55. The first-order valence-electron chi connectivity index (χ1n) is 8.41. The molecule has 2 aliphatic carbocycles. The van der Waals surface area contributed by atoms with Crippen molar-refractivity contribution >= 4 is 18.1 Å². The molecule has 0 spiro atoms. The number of nitrogens with one attached hydrogen (secondary N) is 2. The molecule has 0 aromatic carbocycles. The molecule has 3 rings (SSSR count). The maximum Gasteiger partial charge on any atom is 0.224 e. The molecule has 1 amide bonds. The van der Waals surface area contributed by atoms with E-state index >= 15 is 0 Å². The number of H-pyrrole nitrogens is 1. The molecule has 2 aliphatic rings. The van der Waals surface area contributed by atoms with E-state index in [1.54, 1.807) is 0 Å². The molecule has 6 heteroatoms. The number of aromatic nitrogens is 3. The molecule has 2 fully saturated rings. The van der Waals surface area contributed by atoms with E-state index in [0.29, 0.717) is 23.3 Å². The second-order valence-corrected chi connectivity index (χ2v) is 8.04. The number of rotatable bonds is 6. The molecular weight excluding hydrogens is 308 g/mol. The van der Waals surface area contributed by atoms with Gasteiger partial charge in [0, 0.05) is 19.0 Å². The lowest BCUT2D eigenvalue weighted by Gasteiger charge is -2.07. The first kappa shape index (κ1) is 16.4. The van der Waals surface area contributed by atoms with Crippen molar-refractivity contribution in [3.05, 3.63) is 22.2 Å². The Kier molecular flexibility index (Phi) is 4.21. The summed E-state index contributed by atoms with van der Waals surface area (Å²) in [4.78, 5) is 12.4. The van der Waals surface area contributed by atoms with Gasteiger partial charge in [-0.2, -0.15) is 5.10 Å². The summed E-state index contributed by atoms with van der Waals surface area (Å²) in [5, 5.41) is 10.2. The smallest absolute Gasteiger partial charge is 0.224 e. The first-order chi connectivity index (χ1) is 10.8. The van der Waals surface area contributed by atoms with Gasteiger partial charge in [-0.25, -0.2) is 0 Å². The molecule has 0 unspecified atom stereocenters.